The van der Waals surface area contributed by atoms with E-state index in [1.54, 1.807) is 12.3 Å². The van der Waals surface area contributed by atoms with Crippen molar-refractivity contribution < 1.29 is 14.0 Å². The molecule has 2 amide bonds. The first-order valence-corrected chi connectivity index (χ1v) is 9.47. The molecule has 2 aromatic carbocycles. The number of rotatable bonds is 6. The maximum Gasteiger partial charge on any atom is 0.227 e. The molecule has 2 atom stereocenters. The van der Waals surface area contributed by atoms with Crippen molar-refractivity contribution in [3.8, 4) is 0 Å². The Morgan fingerprint density at radius 2 is 1.86 bits per heavy atom. The number of carbonyl (C=O) groups excluding carboxylic acids is 2. The number of hydrogen-bond donors (Lipinski definition) is 2. The van der Waals surface area contributed by atoms with Crippen LogP contribution in [0.15, 0.2) is 77.4 Å². The maximum absolute atomic E-state index is 12.6. The highest BCUT2D eigenvalue weighted by Crippen LogP contribution is 2.28. The molecule has 142 valence electrons. The number of para-hydroxylation sites is 1. The molecule has 1 aliphatic heterocycles. The molecule has 0 spiro atoms. The predicted molar refractivity (Wildman–Crippen MR) is 107 cm³/mol. The van der Waals surface area contributed by atoms with Gasteiger partial charge in [0, 0.05) is 18.0 Å². The second-order valence-electron chi connectivity index (χ2n) is 7.01. The largest absolute Gasteiger partial charge is 0.467 e. The summed E-state index contributed by atoms with van der Waals surface area (Å²) in [5.74, 6) is 0.373. The van der Waals surface area contributed by atoms with Crippen LogP contribution in [0.5, 0.6) is 0 Å². The van der Waals surface area contributed by atoms with Gasteiger partial charge >= 0.3 is 0 Å². The maximum atomic E-state index is 12.6. The third-order valence-corrected chi connectivity index (χ3v) is 5.10. The van der Waals surface area contributed by atoms with Crippen molar-refractivity contribution in [2.75, 3.05) is 5.32 Å². The van der Waals surface area contributed by atoms with E-state index in [9.17, 15) is 9.59 Å². The van der Waals surface area contributed by atoms with Crippen LogP contribution in [-0.2, 0) is 16.0 Å². The molecule has 2 unspecified atom stereocenters. The van der Waals surface area contributed by atoms with E-state index in [1.807, 2.05) is 60.7 Å². The summed E-state index contributed by atoms with van der Waals surface area (Å²) < 4.78 is 5.52. The van der Waals surface area contributed by atoms with Crippen LogP contribution in [0.3, 0.4) is 0 Å². The molecular weight excluding hydrogens is 352 g/mol. The summed E-state index contributed by atoms with van der Waals surface area (Å²) in [5, 5.41) is 5.98. The summed E-state index contributed by atoms with van der Waals surface area (Å²) >= 11 is 0. The molecule has 0 fully saturated rings. The van der Waals surface area contributed by atoms with E-state index >= 15 is 0 Å². The summed E-state index contributed by atoms with van der Waals surface area (Å²) in [7, 11) is 0. The molecule has 0 aliphatic carbocycles. The summed E-state index contributed by atoms with van der Waals surface area (Å²) in [6.07, 6.45) is 3.05. The third kappa shape index (κ3) is 3.98. The van der Waals surface area contributed by atoms with Gasteiger partial charge in [0.2, 0.25) is 11.8 Å². The van der Waals surface area contributed by atoms with Crippen molar-refractivity contribution >= 4 is 17.5 Å². The van der Waals surface area contributed by atoms with Crippen LogP contribution in [-0.4, -0.2) is 11.8 Å². The van der Waals surface area contributed by atoms with Gasteiger partial charge in [0.05, 0.1) is 6.26 Å². The van der Waals surface area contributed by atoms with Crippen molar-refractivity contribution in [2.45, 2.75) is 25.3 Å². The normalized spacial score (nSPS) is 16.7. The molecule has 1 aliphatic rings. The molecule has 5 nitrogen and oxygen atoms in total. The van der Waals surface area contributed by atoms with E-state index in [4.69, 9.17) is 4.42 Å². The van der Waals surface area contributed by atoms with Crippen LogP contribution in [0.4, 0.5) is 5.69 Å². The zero-order chi connectivity index (χ0) is 19.3. The average Bonchev–Trinajstić information content (AvgIpc) is 3.25. The number of fused-ring (bicyclic) bond motifs is 1. The van der Waals surface area contributed by atoms with Crippen LogP contribution in [0.25, 0.3) is 0 Å². The molecule has 5 heteroatoms. The standard InChI is InChI=1S/C23H22N2O3/c26-21(13-12-18-15-17-9-4-5-10-19(17)24-23(18)27)25-22(20-11-6-14-28-20)16-7-2-1-3-8-16/h1-11,14,18,22H,12-13,15H2,(H,24,27)(H,25,26). The average molecular weight is 374 g/mol. The third-order valence-electron chi connectivity index (χ3n) is 5.10. The minimum absolute atomic E-state index is 0.0165. The van der Waals surface area contributed by atoms with Crippen molar-refractivity contribution in [2.24, 2.45) is 5.92 Å². The van der Waals surface area contributed by atoms with Crippen LogP contribution in [0.1, 0.15) is 35.8 Å². The molecular formula is C23H22N2O3. The Bertz CT molecular complexity index is 951. The Morgan fingerprint density at radius 1 is 1.07 bits per heavy atom. The molecule has 0 radical (unpaired) electrons. The molecule has 28 heavy (non-hydrogen) atoms. The van der Waals surface area contributed by atoms with Crippen LogP contribution in [0, 0.1) is 5.92 Å². The second kappa shape index (κ2) is 8.13. The number of benzene rings is 2. The fourth-order valence-electron chi connectivity index (χ4n) is 3.60. The molecule has 4 rings (SSSR count). The highest BCUT2D eigenvalue weighted by atomic mass is 16.3. The van der Waals surface area contributed by atoms with Gasteiger partial charge in [-0.05, 0) is 42.2 Å². The highest BCUT2D eigenvalue weighted by Gasteiger charge is 2.27. The second-order valence-corrected chi connectivity index (χ2v) is 7.01. The Labute approximate surface area is 163 Å². The van der Waals surface area contributed by atoms with Crippen molar-refractivity contribution in [3.05, 3.63) is 89.9 Å². The first-order valence-electron chi connectivity index (χ1n) is 9.47. The molecule has 0 saturated heterocycles. The van der Waals surface area contributed by atoms with Gasteiger partial charge in [-0.15, -0.1) is 0 Å². The van der Waals surface area contributed by atoms with E-state index in [-0.39, 0.29) is 30.2 Å². The highest BCUT2D eigenvalue weighted by molar-refractivity contribution is 5.96. The van der Waals surface area contributed by atoms with Crippen molar-refractivity contribution in [1.82, 2.24) is 5.32 Å². The summed E-state index contributed by atoms with van der Waals surface area (Å²) in [5.41, 5.74) is 2.94. The number of anilines is 1. The fraction of sp³-hybridized carbons (Fsp3) is 0.217. The molecule has 0 bridgehead atoms. The van der Waals surface area contributed by atoms with E-state index < -0.39 is 0 Å². The van der Waals surface area contributed by atoms with Crippen molar-refractivity contribution in [3.63, 3.8) is 0 Å². The van der Waals surface area contributed by atoms with E-state index in [1.165, 1.54) is 0 Å². The SMILES string of the molecule is O=C(CCC1Cc2ccccc2NC1=O)NC(c1ccccc1)c1ccco1. The minimum atomic E-state index is -0.343. The number of amides is 2. The lowest BCUT2D eigenvalue weighted by Gasteiger charge is -2.24. The Hall–Kier alpha value is -3.34. The Kier molecular flexibility index (Phi) is 5.24. The smallest absolute Gasteiger partial charge is 0.227 e. The lowest BCUT2D eigenvalue weighted by Crippen LogP contribution is -2.33. The van der Waals surface area contributed by atoms with E-state index in [0.717, 1.165) is 16.8 Å². The Morgan fingerprint density at radius 3 is 2.64 bits per heavy atom. The summed E-state index contributed by atoms with van der Waals surface area (Å²) in [6.45, 7) is 0. The first-order chi connectivity index (χ1) is 13.7. The molecule has 0 saturated carbocycles. The van der Waals surface area contributed by atoms with Crippen LogP contribution >= 0.6 is 0 Å². The van der Waals surface area contributed by atoms with Crippen LogP contribution in [0.2, 0.25) is 0 Å². The molecule has 2 heterocycles. The first kappa shape index (κ1) is 18.0. The predicted octanol–water partition coefficient (Wildman–Crippen LogP) is 4.08. The van der Waals surface area contributed by atoms with Gasteiger partial charge in [0.15, 0.2) is 0 Å². The van der Waals surface area contributed by atoms with Gasteiger partial charge in [-0.3, -0.25) is 9.59 Å². The van der Waals surface area contributed by atoms with Gasteiger partial charge in [-0.2, -0.15) is 0 Å². The Balaban J connectivity index is 1.40. The zero-order valence-corrected chi connectivity index (χ0v) is 15.4. The fourth-order valence-corrected chi connectivity index (χ4v) is 3.60. The van der Waals surface area contributed by atoms with E-state index in [2.05, 4.69) is 10.6 Å². The number of hydrogen-bond acceptors (Lipinski definition) is 3. The van der Waals surface area contributed by atoms with Gasteiger partial charge < -0.3 is 15.1 Å². The number of nitrogens with one attached hydrogen (secondary N) is 2. The monoisotopic (exact) mass is 374 g/mol. The lowest BCUT2D eigenvalue weighted by molar-refractivity contribution is -0.123. The molecule has 1 aromatic heterocycles. The quantitative estimate of drug-likeness (QED) is 0.683. The van der Waals surface area contributed by atoms with E-state index in [0.29, 0.717) is 18.6 Å². The van der Waals surface area contributed by atoms with Gasteiger partial charge in [0.25, 0.3) is 0 Å². The number of carbonyl (C=O) groups is 2. The topological polar surface area (TPSA) is 71.3 Å². The lowest BCUT2D eigenvalue weighted by atomic mass is 9.89. The van der Waals surface area contributed by atoms with Gasteiger partial charge in [0.1, 0.15) is 11.8 Å². The van der Waals surface area contributed by atoms with Gasteiger partial charge in [-0.25, -0.2) is 0 Å². The van der Waals surface area contributed by atoms with Crippen LogP contribution < -0.4 is 10.6 Å². The summed E-state index contributed by atoms with van der Waals surface area (Å²) in [4.78, 5) is 25.0. The minimum Gasteiger partial charge on any atom is -0.467 e. The molecule has 3 aromatic rings. The molecule has 2 N–H and O–H groups in total. The van der Waals surface area contributed by atoms with Gasteiger partial charge in [-0.1, -0.05) is 48.5 Å². The number of furan rings is 1. The van der Waals surface area contributed by atoms with Crippen molar-refractivity contribution in [1.29, 1.82) is 0 Å². The summed E-state index contributed by atoms with van der Waals surface area (Å²) in [6, 6.07) is 20.8. The zero-order valence-electron chi connectivity index (χ0n) is 15.4.